The van der Waals surface area contributed by atoms with Crippen LogP contribution in [0.15, 0.2) is 67.0 Å². The number of amides is 2. The molecule has 0 aliphatic rings. The smallest absolute Gasteiger partial charge is 0.329 e. The summed E-state index contributed by atoms with van der Waals surface area (Å²) in [7, 11) is 0. The van der Waals surface area contributed by atoms with E-state index in [2.05, 4.69) is 10.3 Å². The summed E-state index contributed by atoms with van der Waals surface area (Å²) >= 11 is 0. The largest absolute Gasteiger partial charge is 0.405 e. The van der Waals surface area contributed by atoms with Gasteiger partial charge in [-0.15, -0.1) is 0 Å². The highest BCUT2D eigenvalue weighted by Gasteiger charge is 2.27. The highest BCUT2D eigenvalue weighted by atomic mass is 19.4. The molecule has 2 N–H and O–H groups in total. The van der Waals surface area contributed by atoms with Gasteiger partial charge in [-0.05, 0) is 53.6 Å². The molecule has 32 heavy (non-hydrogen) atoms. The maximum absolute atomic E-state index is 14.1. The number of hydrogen-bond donors (Lipinski definition) is 2. The summed E-state index contributed by atoms with van der Waals surface area (Å²) in [5.74, 6) is -1.14. The zero-order chi connectivity index (χ0) is 22.9. The number of carbonyl (C=O) groups excluding carboxylic acids is 1. The van der Waals surface area contributed by atoms with Crippen LogP contribution < -0.4 is 10.6 Å². The van der Waals surface area contributed by atoms with Gasteiger partial charge in [0.25, 0.3) is 0 Å². The second-order valence-corrected chi connectivity index (χ2v) is 6.91. The van der Waals surface area contributed by atoms with E-state index in [1.807, 2.05) is 0 Å². The third-order valence-electron chi connectivity index (χ3n) is 4.65. The molecule has 0 aliphatic carbocycles. The number of hydrogen-bond acceptors (Lipinski definition) is 2. The molecule has 2 aromatic carbocycles. The molecule has 0 bridgehead atoms. The van der Waals surface area contributed by atoms with Crippen LogP contribution in [0.2, 0.25) is 0 Å². The average Bonchev–Trinajstić information content (AvgIpc) is 3.17. The van der Waals surface area contributed by atoms with E-state index in [4.69, 9.17) is 0 Å². The summed E-state index contributed by atoms with van der Waals surface area (Å²) in [5, 5.41) is 3.71. The lowest BCUT2D eigenvalue weighted by Gasteiger charge is -2.11. The van der Waals surface area contributed by atoms with Crippen molar-refractivity contribution in [1.29, 1.82) is 0 Å². The molecule has 4 rings (SSSR count). The molecule has 4 aromatic rings. The van der Waals surface area contributed by atoms with E-state index in [1.165, 1.54) is 24.3 Å². The molecule has 2 heterocycles. The first-order valence-corrected chi connectivity index (χ1v) is 9.34. The van der Waals surface area contributed by atoms with E-state index in [-0.39, 0.29) is 11.5 Å². The first-order chi connectivity index (χ1) is 15.2. The fraction of sp³-hybridized carbons (Fsp3) is 0.0909. The van der Waals surface area contributed by atoms with E-state index < -0.39 is 24.6 Å². The molecule has 0 unspecified atom stereocenters. The summed E-state index contributed by atoms with van der Waals surface area (Å²) in [6.07, 6.45) is -1.30. The van der Waals surface area contributed by atoms with Gasteiger partial charge in [0.15, 0.2) is 0 Å². The van der Waals surface area contributed by atoms with Crippen LogP contribution in [-0.2, 0) is 0 Å². The van der Waals surface area contributed by atoms with Crippen molar-refractivity contribution in [2.75, 3.05) is 11.9 Å². The second kappa shape index (κ2) is 8.29. The first-order valence-electron chi connectivity index (χ1n) is 9.34. The molecule has 0 atom stereocenters. The predicted molar refractivity (Wildman–Crippen MR) is 109 cm³/mol. The van der Waals surface area contributed by atoms with Crippen LogP contribution in [-0.4, -0.2) is 28.1 Å². The van der Waals surface area contributed by atoms with Gasteiger partial charge in [0.2, 0.25) is 0 Å². The molecule has 0 radical (unpaired) electrons. The van der Waals surface area contributed by atoms with Crippen LogP contribution in [0.3, 0.4) is 0 Å². The van der Waals surface area contributed by atoms with Crippen molar-refractivity contribution < 1.29 is 26.7 Å². The van der Waals surface area contributed by atoms with Gasteiger partial charge in [-0.2, -0.15) is 13.2 Å². The lowest BCUT2D eigenvalue weighted by atomic mass is 10.1. The van der Waals surface area contributed by atoms with Crippen LogP contribution in [0.5, 0.6) is 0 Å². The maximum atomic E-state index is 14.1. The molecular formula is C22H15F5N4O. The van der Waals surface area contributed by atoms with E-state index in [0.29, 0.717) is 16.9 Å². The lowest BCUT2D eigenvalue weighted by Crippen LogP contribution is -2.36. The Morgan fingerprint density at radius 3 is 2.38 bits per heavy atom. The van der Waals surface area contributed by atoms with E-state index in [1.54, 1.807) is 46.4 Å². The lowest BCUT2D eigenvalue weighted by molar-refractivity contribution is -0.122. The van der Waals surface area contributed by atoms with Crippen LogP contribution in [0.1, 0.15) is 0 Å². The molecule has 164 valence electrons. The van der Waals surface area contributed by atoms with Crippen LogP contribution in [0, 0.1) is 11.6 Å². The minimum absolute atomic E-state index is 0.278. The van der Waals surface area contributed by atoms with Gasteiger partial charge in [-0.1, -0.05) is 12.1 Å². The highest BCUT2D eigenvalue weighted by Crippen LogP contribution is 2.28. The number of anilines is 1. The summed E-state index contributed by atoms with van der Waals surface area (Å²) in [6.45, 7) is -1.54. The fourth-order valence-electron chi connectivity index (χ4n) is 3.14. The monoisotopic (exact) mass is 446 g/mol. The summed E-state index contributed by atoms with van der Waals surface area (Å²) < 4.78 is 65.7. The van der Waals surface area contributed by atoms with Gasteiger partial charge in [0.1, 0.15) is 23.8 Å². The van der Waals surface area contributed by atoms with Crippen molar-refractivity contribution in [2.24, 2.45) is 0 Å². The normalized spacial score (nSPS) is 11.5. The number of aromatic nitrogens is 2. The number of carbonyl (C=O) groups is 1. The van der Waals surface area contributed by atoms with Crippen molar-refractivity contribution in [3.05, 3.63) is 78.6 Å². The Bertz CT molecular complexity index is 1280. The van der Waals surface area contributed by atoms with Crippen LogP contribution >= 0.6 is 0 Å². The number of pyridine rings is 1. The molecule has 0 aliphatic heterocycles. The molecular weight excluding hydrogens is 431 g/mol. The van der Waals surface area contributed by atoms with Crippen LogP contribution in [0.25, 0.3) is 28.0 Å². The van der Waals surface area contributed by atoms with E-state index in [0.717, 1.165) is 17.2 Å². The molecule has 10 heteroatoms. The maximum Gasteiger partial charge on any atom is 0.405 e. The molecule has 0 fully saturated rings. The Balaban J connectivity index is 1.61. The number of urea groups is 1. The minimum Gasteiger partial charge on any atom is -0.329 e. The number of benzene rings is 2. The summed E-state index contributed by atoms with van der Waals surface area (Å²) in [4.78, 5) is 16.0. The van der Waals surface area contributed by atoms with E-state index in [9.17, 15) is 26.7 Å². The van der Waals surface area contributed by atoms with Gasteiger partial charge >= 0.3 is 12.2 Å². The molecule has 5 nitrogen and oxygen atoms in total. The Morgan fingerprint density at radius 2 is 1.66 bits per heavy atom. The van der Waals surface area contributed by atoms with Crippen LogP contribution in [0.4, 0.5) is 32.4 Å². The highest BCUT2D eigenvalue weighted by molar-refractivity contribution is 5.90. The standard InChI is InChI=1S/C22H15F5N4O/c23-16-4-1-13(2-5-16)14-7-8-31-19(11-28-20(31)10-14)15-3-6-17(24)18(9-15)30-21(32)29-12-22(25,26)27/h1-11H,12H2,(H2,29,30,32). The number of alkyl halides is 3. The molecule has 2 aromatic heterocycles. The number of fused-ring (bicyclic) bond motifs is 1. The third kappa shape index (κ3) is 4.69. The second-order valence-electron chi connectivity index (χ2n) is 6.91. The molecule has 0 spiro atoms. The zero-order valence-corrected chi connectivity index (χ0v) is 16.3. The Hall–Kier alpha value is -3.95. The topological polar surface area (TPSA) is 58.4 Å². The fourth-order valence-corrected chi connectivity index (χ4v) is 3.14. The number of rotatable bonds is 4. The van der Waals surface area contributed by atoms with Gasteiger partial charge in [-0.25, -0.2) is 18.6 Å². The van der Waals surface area contributed by atoms with Gasteiger partial charge < -0.3 is 10.6 Å². The average molecular weight is 446 g/mol. The Kier molecular flexibility index (Phi) is 5.52. The van der Waals surface area contributed by atoms with E-state index >= 15 is 0 Å². The van der Waals surface area contributed by atoms with Crippen molar-refractivity contribution in [3.8, 4) is 22.4 Å². The quantitative estimate of drug-likeness (QED) is 0.399. The van der Waals surface area contributed by atoms with Gasteiger partial charge in [-0.3, -0.25) is 4.40 Å². The number of nitrogens with zero attached hydrogens (tertiary/aromatic N) is 2. The molecule has 0 saturated carbocycles. The number of imidazole rings is 1. The molecule has 2 amide bonds. The Morgan fingerprint density at radius 1 is 0.938 bits per heavy atom. The van der Waals surface area contributed by atoms with Crippen molar-refractivity contribution in [3.63, 3.8) is 0 Å². The molecule has 0 saturated heterocycles. The minimum atomic E-state index is -4.58. The predicted octanol–water partition coefficient (Wildman–Crippen LogP) is 5.63. The van der Waals surface area contributed by atoms with Crippen molar-refractivity contribution >= 4 is 17.4 Å². The van der Waals surface area contributed by atoms with Crippen molar-refractivity contribution in [1.82, 2.24) is 14.7 Å². The number of halogens is 5. The van der Waals surface area contributed by atoms with Gasteiger partial charge in [0, 0.05) is 11.8 Å². The third-order valence-corrected chi connectivity index (χ3v) is 4.65. The van der Waals surface area contributed by atoms with Gasteiger partial charge in [0.05, 0.1) is 17.6 Å². The number of nitrogens with one attached hydrogen (secondary N) is 2. The zero-order valence-electron chi connectivity index (χ0n) is 16.3. The summed E-state index contributed by atoms with van der Waals surface area (Å²) in [5.41, 5.74) is 2.97. The SMILES string of the molecule is O=C(NCC(F)(F)F)Nc1cc(-c2cnc3cc(-c4ccc(F)cc4)ccn23)ccc1F. The Labute approximate surface area is 178 Å². The first kappa shape index (κ1) is 21.3. The summed E-state index contributed by atoms with van der Waals surface area (Å²) in [6, 6.07) is 12.3. The van der Waals surface area contributed by atoms with Crippen molar-refractivity contribution in [2.45, 2.75) is 6.18 Å².